The van der Waals surface area contributed by atoms with E-state index in [0.29, 0.717) is 5.02 Å². The van der Waals surface area contributed by atoms with Crippen molar-refractivity contribution in [3.63, 3.8) is 0 Å². The molecule has 0 heterocycles. The van der Waals surface area contributed by atoms with Crippen LogP contribution in [0.3, 0.4) is 0 Å². The van der Waals surface area contributed by atoms with E-state index >= 15 is 0 Å². The van der Waals surface area contributed by atoms with E-state index in [1.807, 2.05) is 0 Å². The quantitative estimate of drug-likeness (QED) is 0.853. The van der Waals surface area contributed by atoms with Crippen LogP contribution in [-0.4, -0.2) is 11.9 Å². The molecule has 2 atom stereocenters. The summed E-state index contributed by atoms with van der Waals surface area (Å²) in [4.78, 5) is 11.9. The van der Waals surface area contributed by atoms with Crippen LogP contribution >= 0.6 is 39.9 Å². The number of hydrogen-bond donors (Lipinski definition) is 2. The molecule has 100 valence electrons. The van der Waals surface area contributed by atoms with Gasteiger partial charge in [-0.15, -0.1) is 12.4 Å². The molecule has 1 aliphatic carbocycles. The molecule has 1 aromatic rings. The maximum Gasteiger partial charge on any atom is 0.227 e. The first-order valence-corrected chi connectivity index (χ1v) is 6.75. The normalized spacial score (nSPS) is 22.4. The summed E-state index contributed by atoms with van der Waals surface area (Å²) in [5, 5.41) is 3.52. The lowest BCUT2D eigenvalue weighted by atomic mass is 10.1. The monoisotopic (exact) mass is 352 g/mol. The summed E-state index contributed by atoms with van der Waals surface area (Å²) in [5.74, 6) is 0.0895. The first-order valence-electron chi connectivity index (χ1n) is 5.58. The Morgan fingerprint density at radius 2 is 2.17 bits per heavy atom. The number of hydrogen-bond acceptors (Lipinski definition) is 2. The first kappa shape index (κ1) is 15.8. The van der Waals surface area contributed by atoms with E-state index in [4.69, 9.17) is 17.3 Å². The second-order valence-electron chi connectivity index (χ2n) is 4.39. The number of carbonyl (C=O) groups is 1. The third-order valence-corrected chi connectivity index (χ3v) is 4.25. The number of anilines is 1. The molecule has 2 rings (SSSR count). The number of rotatable bonds is 2. The number of benzene rings is 1. The molecule has 0 aliphatic heterocycles. The molecule has 0 aromatic heterocycles. The van der Waals surface area contributed by atoms with E-state index < -0.39 is 0 Å². The molecule has 0 saturated heterocycles. The van der Waals surface area contributed by atoms with Gasteiger partial charge in [0, 0.05) is 22.1 Å². The molecule has 1 aliphatic rings. The molecule has 6 heteroatoms. The van der Waals surface area contributed by atoms with Gasteiger partial charge in [0.05, 0.1) is 5.02 Å². The fraction of sp³-hybridized carbons (Fsp3) is 0.417. The Morgan fingerprint density at radius 3 is 2.72 bits per heavy atom. The van der Waals surface area contributed by atoms with Crippen molar-refractivity contribution in [3.05, 3.63) is 27.7 Å². The van der Waals surface area contributed by atoms with E-state index in [2.05, 4.69) is 21.2 Å². The third-order valence-electron chi connectivity index (χ3n) is 3.03. The summed E-state index contributed by atoms with van der Waals surface area (Å²) in [6.45, 7) is 0. The molecule has 3 nitrogen and oxygen atoms in total. The Hall–Kier alpha value is -0.290. The lowest BCUT2D eigenvalue weighted by molar-refractivity contribution is -0.119. The van der Waals surface area contributed by atoms with Crippen LogP contribution in [0.1, 0.15) is 19.3 Å². The number of amides is 1. The zero-order chi connectivity index (χ0) is 12.4. The average Bonchev–Trinajstić information content (AvgIpc) is 2.70. The summed E-state index contributed by atoms with van der Waals surface area (Å²) in [5.41, 5.74) is 6.55. The Kier molecular flexibility index (Phi) is 5.92. The Bertz CT molecular complexity index is 442. The van der Waals surface area contributed by atoms with Gasteiger partial charge in [-0.1, -0.05) is 11.6 Å². The fourth-order valence-electron chi connectivity index (χ4n) is 2.07. The highest BCUT2D eigenvalue weighted by Gasteiger charge is 2.27. The zero-order valence-electron chi connectivity index (χ0n) is 9.66. The van der Waals surface area contributed by atoms with Gasteiger partial charge in [0.2, 0.25) is 5.91 Å². The van der Waals surface area contributed by atoms with Crippen LogP contribution in [0.5, 0.6) is 0 Å². The van der Waals surface area contributed by atoms with Crippen LogP contribution in [0.2, 0.25) is 5.02 Å². The number of halogens is 3. The minimum atomic E-state index is 0. The van der Waals surface area contributed by atoms with E-state index in [1.54, 1.807) is 18.2 Å². The van der Waals surface area contributed by atoms with Crippen LogP contribution in [0, 0.1) is 5.92 Å². The van der Waals surface area contributed by atoms with Crippen molar-refractivity contribution < 1.29 is 4.79 Å². The van der Waals surface area contributed by atoms with Crippen molar-refractivity contribution in [1.82, 2.24) is 0 Å². The average molecular weight is 354 g/mol. The molecule has 3 N–H and O–H groups in total. The second-order valence-corrected chi connectivity index (χ2v) is 5.65. The van der Waals surface area contributed by atoms with E-state index in [-0.39, 0.29) is 30.3 Å². The van der Waals surface area contributed by atoms with E-state index in [1.165, 1.54) is 0 Å². The largest absolute Gasteiger partial charge is 0.328 e. The minimum absolute atomic E-state index is 0. The second kappa shape index (κ2) is 6.75. The van der Waals surface area contributed by atoms with Crippen molar-refractivity contribution in [3.8, 4) is 0 Å². The number of nitrogens with one attached hydrogen (secondary N) is 1. The summed E-state index contributed by atoms with van der Waals surface area (Å²) < 4.78 is 0.778. The van der Waals surface area contributed by atoms with Gasteiger partial charge in [-0.3, -0.25) is 4.79 Å². The fourth-order valence-corrected chi connectivity index (χ4v) is 2.57. The van der Waals surface area contributed by atoms with Crippen molar-refractivity contribution in [2.24, 2.45) is 11.7 Å². The highest BCUT2D eigenvalue weighted by Crippen LogP contribution is 2.28. The SMILES string of the molecule is Cl.NC1CCC(C(=O)Nc2ccc(Cl)c(Br)c2)C1. The van der Waals surface area contributed by atoms with E-state index in [9.17, 15) is 4.79 Å². The van der Waals surface area contributed by atoms with Gasteiger partial charge < -0.3 is 11.1 Å². The lowest BCUT2D eigenvalue weighted by Crippen LogP contribution is -2.23. The molecule has 1 amide bonds. The van der Waals surface area contributed by atoms with Crippen molar-refractivity contribution in [2.75, 3.05) is 5.32 Å². The highest BCUT2D eigenvalue weighted by atomic mass is 79.9. The zero-order valence-corrected chi connectivity index (χ0v) is 12.8. The Morgan fingerprint density at radius 1 is 1.44 bits per heavy atom. The molecule has 0 radical (unpaired) electrons. The molecule has 18 heavy (non-hydrogen) atoms. The summed E-state index contributed by atoms with van der Waals surface area (Å²) >= 11 is 9.21. The van der Waals surface area contributed by atoms with Crippen LogP contribution in [-0.2, 0) is 4.79 Å². The van der Waals surface area contributed by atoms with Gasteiger partial charge in [-0.05, 0) is 53.4 Å². The smallest absolute Gasteiger partial charge is 0.227 e. The van der Waals surface area contributed by atoms with Gasteiger partial charge in [0.15, 0.2) is 0 Å². The van der Waals surface area contributed by atoms with Crippen LogP contribution < -0.4 is 11.1 Å². The lowest BCUT2D eigenvalue weighted by Gasteiger charge is -2.11. The maximum atomic E-state index is 11.9. The molecule has 2 unspecified atom stereocenters. The van der Waals surface area contributed by atoms with Gasteiger partial charge in [-0.25, -0.2) is 0 Å². The Labute approximate surface area is 126 Å². The predicted molar refractivity (Wildman–Crippen MR) is 80.3 cm³/mol. The topological polar surface area (TPSA) is 55.1 Å². The maximum absolute atomic E-state index is 11.9. The van der Waals surface area contributed by atoms with E-state index in [0.717, 1.165) is 29.4 Å². The van der Waals surface area contributed by atoms with Gasteiger partial charge in [0.1, 0.15) is 0 Å². The predicted octanol–water partition coefficient (Wildman–Crippen LogP) is 3.59. The molecule has 0 spiro atoms. The summed E-state index contributed by atoms with van der Waals surface area (Å²) in [6, 6.07) is 5.51. The number of nitrogens with two attached hydrogens (primary N) is 1. The minimum Gasteiger partial charge on any atom is -0.328 e. The molecule has 0 bridgehead atoms. The van der Waals surface area contributed by atoms with Crippen molar-refractivity contribution >= 4 is 51.5 Å². The molecular weight excluding hydrogens is 339 g/mol. The third kappa shape index (κ3) is 3.85. The molecule has 1 saturated carbocycles. The van der Waals surface area contributed by atoms with Crippen LogP contribution in [0.25, 0.3) is 0 Å². The summed E-state index contributed by atoms with van der Waals surface area (Å²) in [7, 11) is 0. The van der Waals surface area contributed by atoms with Gasteiger partial charge >= 0.3 is 0 Å². The van der Waals surface area contributed by atoms with Crippen LogP contribution in [0.15, 0.2) is 22.7 Å². The van der Waals surface area contributed by atoms with Gasteiger partial charge in [0.25, 0.3) is 0 Å². The number of carbonyl (C=O) groups excluding carboxylic acids is 1. The molecular formula is C12H15BrCl2N2O. The molecule has 1 aromatic carbocycles. The van der Waals surface area contributed by atoms with Crippen molar-refractivity contribution in [2.45, 2.75) is 25.3 Å². The van der Waals surface area contributed by atoms with Crippen molar-refractivity contribution in [1.29, 1.82) is 0 Å². The highest BCUT2D eigenvalue weighted by molar-refractivity contribution is 9.10. The Balaban J connectivity index is 0.00000162. The molecule has 1 fully saturated rings. The van der Waals surface area contributed by atoms with Gasteiger partial charge in [-0.2, -0.15) is 0 Å². The standard InChI is InChI=1S/C12H14BrClN2O.ClH/c13-10-6-9(3-4-11(10)14)16-12(17)7-1-2-8(15)5-7;/h3-4,6-8H,1-2,5,15H2,(H,16,17);1H. The first-order chi connectivity index (χ1) is 8.06. The van der Waals surface area contributed by atoms with Crippen LogP contribution in [0.4, 0.5) is 5.69 Å². The summed E-state index contributed by atoms with van der Waals surface area (Å²) in [6.07, 6.45) is 2.59.